The lowest BCUT2D eigenvalue weighted by Gasteiger charge is -2.19. The Kier molecular flexibility index (Phi) is 6.66. The summed E-state index contributed by atoms with van der Waals surface area (Å²) in [7, 11) is 0. The average molecular weight is 419 g/mol. The van der Waals surface area contributed by atoms with E-state index >= 15 is 0 Å². The Balaban J connectivity index is 1.64. The molecule has 0 aliphatic heterocycles. The fraction of sp³-hybridized carbons (Fsp3) is 0.238. The molecule has 0 saturated heterocycles. The third kappa shape index (κ3) is 5.65. The van der Waals surface area contributed by atoms with Crippen molar-refractivity contribution in [3.05, 3.63) is 71.2 Å². The molecular weight excluding hydrogens is 399 g/mol. The van der Waals surface area contributed by atoms with Gasteiger partial charge in [0.15, 0.2) is 0 Å². The highest BCUT2D eigenvalue weighted by atomic mass is 32.1. The zero-order chi connectivity index (χ0) is 20.9. The van der Waals surface area contributed by atoms with E-state index < -0.39 is 17.6 Å². The normalized spacial score (nSPS) is 11.6. The van der Waals surface area contributed by atoms with Gasteiger partial charge in [0.2, 0.25) is 5.91 Å². The third-order valence-electron chi connectivity index (χ3n) is 4.28. The van der Waals surface area contributed by atoms with Gasteiger partial charge >= 0.3 is 6.18 Å². The van der Waals surface area contributed by atoms with Crippen LogP contribution in [0.1, 0.15) is 18.2 Å². The number of anilines is 1. The zero-order valence-corrected chi connectivity index (χ0v) is 16.6. The SMILES string of the molecule is CCN(CC(=O)Nc1ccccc1C(F)(F)F)Cc1csc(-c2ccccc2)n1. The van der Waals surface area contributed by atoms with Crippen LogP contribution >= 0.6 is 11.3 Å². The molecule has 4 nitrogen and oxygen atoms in total. The molecule has 1 amide bonds. The Morgan fingerprint density at radius 1 is 1.10 bits per heavy atom. The molecule has 1 aromatic heterocycles. The molecule has 152 valence electrons. The summed E-state index contributed by atoms with van der Waals surface area (Å²) in [4.78, 5) is 18.8. The number of nitrogens with zero attached hydrogens (tertiary/aromatic N) is 2. The van der Waals surface area contributed by atoms with Gasteiger partial charge in [0.1, 0.15) is 5.01 Å². The van der Waals surface area contributed by atoms with Crippen LogP contribution in [0.3, 0.4) is 0 Å². The lowest BCUT2D eigenvalue weighted by molar-refractivity contribution is -0.137. The van der Waals surface area contributed by atoms with Gasteiger partial charge in [-0.3, -0.25) is 9.69 Å². The first-order valence-electron chi connectivity index (χ1n) is 9.05. The van der Waals surface area contributed by atoms with Crippen molar-refractivity contribution >= 4 is 22.9 Å². The number of benzene rings is 2. The van der Waals surface area contributed by atoms with Gasteiger partial charge in [-0.2, -0.15) is 13.2 Å². The number of hydrogen-bond acceptors (Lipinski definition) is 4. The van der Waals surface area contributed by atoms with E-state index in [1.807, 2.05) is 47.5 Å². The molecule has 8 heteroatoms. The van der Waals surface area contributed by atoms with Gasteiger partial charge in [0, 0.05) is 17.5 Å². The summed E-state index contributed by atoms with van der Waals surface area (Å²) in [6.07, 6.45) is -4.53. The predicted molar refractivity (Wildman–Crippen MR) is 109 cm³/mol. The van der Waals surface area contributed by atoms with E-state index in [0.29, 0.717) is 13.1 Å². The van der Waals surface area contributed by atoms with Gasteiger partial charge in [0.25, 0.3) is 0 Å². The maximum absolute atomic E-state index is 13.1. The largest absolute Gasteiger partial charge is 0.418 e. The molecule has 0 aliphatic carbocycles. The quantitative estimate of drug-likeness (QED) is 0.566. The molecule has 1 heterocycles. The second-order valence-corrected chi connectivity index (χ2v) is 7.26. The van der Waals surface area contributed by atoms with Crippen LogP contribution in [0.5, 0.6) is 0 Å². The summed E-state index contributed by atoms with van der Waals surface area (Å²) < 4.78 is 39.3. The standard InChI is InChI=1S/C21H20F3N3OS/c1-2-27(12-16-14-29-20(25-16)15-8-4-3-5-9-15)13-19(28)26-18-11-7-6-10-17(18)21(22,23)24/h3-11,14H,2,12-13H2,1H3,(H,26,28). The first-order chi connectivity index (χ1) is 13.9. The van der Waals surface area contributed by atoms with Crippen LogP contribution < -0.4 is 5.32 Å². The van der Waals surface area contributed by atoms with Crippen LogP contribution in [-0.4, -0.2) is 28.9 Å². The highest BCUT2D eigenvalue weighted by Gasteiger charge is 2.33. The van der Waals surface area contributed by atoms with Gasteiger partial charge in [0.05, 0.1) is 23.5 Å². The van der Waals surface area contributed by atoms with Crippen molar-refractivity contribution in [3.63, 3.8) is 0 Å². The van der Waals surface area contributed by atoms with Crippen molar-refractivity contribution in [2.45, 2.75) is 19.6 Å². The van der Waals surface area contributed by atoms with Crippen LogP contribution in [0, 0.1) is 0 Å². The zero-order valence-electron chi connectivity index (χ0n) is 15.7. The van der Waals surface area contributed by atoms with Gasteiger partial charge in [-0.15, -0.1) is 11.3 Å². The number of nitrogens with one attached hydrogen (secondary N) is 1. The molecule has 0 spiro atoms. The number of hydrogen-bond donors (Lipinski definition) is 1. The van der Waals surface area contributed by atoms with Gasteiger partial charge in [-0.1, -0.05) is 49.4 Å². The van der Waals surface area contributed by atoms with E-state index in [-0.39, 0.29) is 12.2 Å². The Hall–Kier alpha value is -2.71. The highest BCUT2D eigenvalue weighted by Crippen LogP contribution is 2.34. The van der Waals surface area contributed by atoms with E-state index in [0.717, 1.165) is 22.3 Å². The maximum Gasteiger partial charge on any atom is 0.418 e. The molecule has 0 radical (unpaired) electrons. The minimum absolute atomic E-state index is 0.0269. The molecular formula is C21H20F3N3OS. The van der Waals surface area contributed by atoms with Gasteiger partial charge < -0.3 is 5.32 Å². The Bertz CT molecular complexity index is 957. The van der Waals surface area contributed by atoms with Crippen molar-refractivity contribution in [3.8, 4) is 10.6 Å². The van der Waals surface area contributed by atoms with E-state index in [4.69, 9.17) is 0 Å². The van der Waals surface area contributed by atoms with Crippen LogP contribution in [0.4, 0.5) is 18.9 Å². The molecule has 2 aromatic carbocycles. The summed E-state index contributed by atoms with van der Waals surface area (Å²) in [5, 5.41) is 5.20. The first kappa shape index (κ1) is 21.0. The van der Waals surface area contributed by atoms with Crippen molar-refractivity contribution < 1.29 is 18.0 Å². The molecule has 0 fully saturated rings. The maximum atomic E-state index is 13.1. The summed E-state index contributed by atoms with van der Waals surface area (Å²) in [5.74, 6) is -0.498. The third-order valence-corrected chi connectivity index (χ3v) is 5.22. The number of likely N-dealkylation sites (N-methyl/N-ethyl adjacent to an activating group) is 1. The predicted octanol–water partition coefficient (Wildman–Crippen LogP) is 5.29. The number of thiazole rings is 1. The van der Waals surface area contributed by atoms with Crippen molar-refractivity contribution in [2.75, 3.05) is 18.4 Å². The van der Waals surface area contributed by atoms with E-state index in [1.54, 1.807) is 0 Å². The Morgan fingerprint density at radius 2 is 1.79 bits per heavy atom. The number of para-hydroxylation sites is 1. The molecule has 0 aliphatic rings. The summed E-state index contributed by atoms with van der Waals surface area (Å²) in [6.45, 7) is 2.86. The second-order valence-electron chi connectivity index (χ2n) is 6.40. The fourth-order valence-electron chi connectivity index (χ4n) is 2.83. The Labute approximate surface area is 171 Å². The molecule has 1 N–H and O–H groups in total. The molecule has 3 rings (SSSR count). The molecule has 0 atom stereocenters. The monoisotopic (exact) mass is 419 g/mol. The van der Waals surface area contributed by atoms with Crippen molar-refractivity contribution in [2.24, 2.45) is 0 Å². The minimum Gasteiger partial charge on any atom is -0.324 e. The molecule has 0 saturated carbocycles. The van der Waals surface area contributed by atoms with E-state index in [1.165, 1.54) is 29.5 Å². The van der Waals surface area contributed by atoms with Gasteiger partial charge in [-0.25, -0.2) is 4.98 Å². The first-order valence-corrected chi connectivity index (χ1v) is 9.93. The van der Waals surface area contributed by atoms with Crippen molar-refractivity contribution in [1.82, 2.24) is 9.88 Å². The molecule has 0 bridgehead atoms. The lowest BCUT2D eigenvalue weighted by Crippen LogP contribution is -2.33. The molecule has 29 heavy (non-hydrogen) atoms. The fourth-order valence-corrected chi connectivity index (χ4v) is 3.65. The van der Waals surface area contributed by atoms with Crippen LogP contribution in [0.25, 0.3) is 10.6 Å². The number of halogens is 3. The summed E-state index contributed by atoms with van der Waals surface area (Å²) in [5.41, 5.74) is 0.747. The number of carbonyl (C=O) groups is 1. The second kappa shape index (κ2) is 9.19. The average Bonchev–Trinajstić information content (AvgIpc) is 3.16. The lowest BCUT2D eigenvalue weighted by atomic mass is 10.1. The molecule has 0 unspecified atom stereocenters. The minimum atomic E-state index is -4.53. The number of rotatable bonds is 7. The van der Waals surface area contributed by atoms with E-state index in [9.17, 15) is 18.0 Å². The number of carbonyl (C=O) groups excluding carboxylic acids is 1. The van der Waals surface area contributed by atoms with Crippen LogP contribution in [-0.2, 0) is 17.5 Å². The highest BCUT2D eigenvalue weighted by molar-refractivity contribution is 7.13. The topological polar surface area (TPSA) is 45.2 Å². The number of alkyl halides is 3. The summed E-state index contributed by atoms with van der Waals surface area (Å²) in [6, 6.07) is 14.7. The molecule has 3 aromatic rings. The van der Waals surface area contributed by atoms with E-state index in [2.05, 4.69) is 10.3 Å². The van der Waals surface area contributed by atoms with Gasteiger partial charge in [-0.05, 0) is 18.7 Å². The van der Waals surface area contributed by atoms with Crippen LogP contribution in [0.2, 0.25) is 0 Å². The summed E-state index contributed by atoms with van der Waals surface area (Å²) >= 11 is 1.52. The number of aromatic nitrogens is 1. The Morgan fingerprint density at radius 3 is 2.48 bits per heavy atom. The van der Waals surface area contributed by atoms with Crippen LogP contribution in [0.15, 0.2) is 60.0 Å². The smallest absolute Gasteiger partial charge is 0.324 e. The number of amides is 1. The van der Waals surface area contributed by atoms with Crippen molar-refractivity contribution in [1.29, 1.82) is 0 Å².